The van der Waals surface area contributed by atoms with Gasteiger partial charge in [-0.2, -0.15) is 0 Å². The van der Waals surface area contributed by atoms with Gasteiger partial charge in [-0.25, -0.2) is 9.97 Å². The minimum Gasteiger partial charge on any atom is -0.359 e. The Morgan fingerprint density at radius 1 is 1.32 bits per heavy atom. The van der Waals surface area contributed by atoms with E-state index in [-0.39, 0.29) is 5.78 Å². The fourth-order valence-electron chi connectivity index (χ4n) is 2.44. The molecule has 5 heteroatoms. The Bertz CT molecular complexity index is 810. The van der Waals surface area contributed by atoms with Crippen LogP contribution in [-0.4, -0.2) is 34.2 Å². The Balaban J connectivity index is 2.16. The number of rotatable bonds is 4. The van der Waals surface area contributed by atoms with Crippen LogP contribution in [0.3, 0.4) is 0 Å². The molecule has 0 saturated heterocycles. The molecule has 0 aliphatic heterocycles. The first kappa shape index (κ1) is 14.3. The van der Waals surface area contributed by atoms with E-state index in [2.05, 4.69) is 9.97 Å². The van der Waals surface area contributed by atoms with Gasteiger partial charge in [-0.3, -0.25) is 9.59 Å². The molecular weight excluding hydrogens is 280 g/mol. The van der Waals surface area contributed by atoms with E-state index in [9.17, 15) is 9.59 Å². The quantitative estimate of drug-likeness (QED) is 0.808. The predicted molar refractivity (Wildman–Crippen MR) is 82.1 cm³/mol. The molecule has 0 spiro atoms. The lowest BCUT2D eigenvalue weighted by Gasteiger charge is -2.28. The molecule has 3 rings (SSSR count). The summed E-state index contributed by atoms with van der Waals surface area (Å²) in [5.74, 6) is 0.0980. The van der Waals surface area contributed by atoms with Crippen LogP contribution in [0.25, 0.3) is 16.5 Å². The van der Waals surface area contributed by atoms with Crippen molar-refractivity contribution < 1.29 is 14.3 Å². The third-order valence-corrected chi connectivity index (χ3v) is 3.49. The van der Waals surface area contributed by atoms with E-state index >= 15 is 0 Å². The van der Waals surface area contributed by atoms with Crippen molar-refractivity contribution >= 4 is 28.5 Å². The van der Waals surface area contributed by atoms with Crippen LogP contribution in [0.4, 0.5) is 0 Å². The van der Waals surface area contributed by atoms with Gasteiger partial charge in [0, 0.05) is 23.8 Å². The Morgan fingerprint density at radius 2 is 2.14 bits per heavy atom. The number of fused-ring (bicyclic) bond motifs is 1. The maximum Gasteiger partial charge on any atom is 0.178 e. The summed E-state index contributed by atoms with van der Waals surface area (Å²) >= 11 is 0. The van der Waals surface area contributed by atoms with Crippen LogP contribution in [0.1, 0.15) is 12.7 Å². The van der Waals surface area contributed by atoms with Gasteiger partial charge in [0.05, 0.1) is 5.52 Å². The lowest BCUT2D eigenvalue weighted by molar-refractivity contribution is -0.120. The van der Waals surface area contributed by atoms with Gasteiger partial charge < -0.3 is 4.74 Å². The second-order valence-electron chi connectivity index (χ2n) is 4.89. The summed E-state index contributed by atoms with van der Waals surface area (Å²) in [6.07, 6.45) is 6.48. The average molecular weight is 294 g/mol. The second kappa shape index (κ2) is 5.61. The second-order valence-corrected chi connectivity index (χ2v) is 4.89. The van der Waals surface area contributed by atoms with Gasteiger partial charge in [-0.15, -0.1) is 0 Å². The van der Waals surface area contributed by atoms with Gasteiger partial charge in [-0.05, 0) is 31.2 Å². The fourth-order valence-corrected chi connectivity index (χ4v) is 2.44. The Morgan fingerprint density at radius 3 is 2.91 bits per heavy atom. The molecule has 1 atom stereocenters. The van der Waals surface area contributed by atoms with E-state index in [1.165, 1.54) is 18.2 Å². The van der Waals surface area contributed by atoms with E-state index in [0.29, 0.717) is 24.3 Å². The molecule has 0 bridgehead atoms. The van der Waals surface area contributed by atoms with Gasteiger partial charge in [0.25, 0.3) is 0 Å². The topological polar surface area (TPSA) is 69.2 Å². The molecule has 1 heterocycles. The highest BCUT2D eigenvalue weighted by Gasteiger charge is 2.37. The number of carbonyl (C=O) groups is 2. The first-order valence-electron chi connectivity index (χ1n) is 6.96. The molecule has 1 aliphatic carbocycles. The van der Waals surface area contributed by atoms with Crippen LogP contribution < -0.4 is 0 Å². The first-order valence-corrected chi connectivity index (χ1v) is 6.96. The molecule has 2 aromatic rings. The molecule has 110 valence electrons. The van der Waals surface area contributed by atoms with Gasteiger partial charge in [-0.1, -0.05) is 18.2 Å². The SMILES string of the molecule is CCOC1(C=O)C=CC(=O)C=C1c1ncc2ccccc2n1. The number of para-hydroxylation sites is 1. The Kier molecular flexibility index (Phi) is 3.65. The lowest BCUT2D eigenvalue weighted by Crippen LogP contribution is -2.36. The predicted octanol–water partition coefficient (Wildman–Crippen LogP) is 2.13. The van der Waals surface area contributed by atoms with E-state index in [0.717, 1.165) is 10.9 Å². The number of benzene rings is 1. The van der Waals surface area contributed by atoms with E-state index < -0.39 is 5.60 Å². The largest absolute Gasteiger partial charge is 0.359 e. The zero-order chi connectivity index (χ0) is 15.6. The third kappa shape index (κ3) is 2.35. The third-order valence-electron chi connectivity index (χ3n) is 3.49. The molecule has 5 nitrogen and oxygen atoms in total. The lowest BCUT2D eigenvalue weighted by atomic mass is 9.88. The number of aldehydes is 1. The summed E-state index contributed by atoms with van der Waals surface area (Å²) in [6, 6.07) is 7.52. The van der Waals surface area contributed by atoms with E-state index in [4.69, 9.17) is 4.74 Å². The molecule has 0 saturated carbocycles. The number of hydrogen-bond acceptors (Lipinski definition) is 5. The summed E-state index contributed by atoms with van der Waals surface area (Å²) in [5, 5.41) is 0.887. The van der Waals surface area contributed by atoms with Crippen molar-refractivity contribution in [2.75, 3.05) is 6.61 Å². The van der Waals surface area contributed by atoms with Crippen molar-refractivity contribution in [3.63, 3.8) is 0 Å². The molecule has 0 N–H and O–H groups in total. The van der Waals surface area contributed by atoms with Crippen molar-refractivity contribution in [1.29, 1.82) is 0 Å². The smallest absolute Gasteiger partial charge is 0.178 e. The number of ketones is 1. The monoisotopic (exact) mass is 294 g/mol. The normalized spacial score (nSPS) is 21.0. The summed E-state index contributed by atoms with van der Waals surface area (Å²) in [4.78, 5) is 32.1. The fraction of sp³-hybridized carbons (Fsp3) is 0.176. The van der Waals surface area contributed by atoms with Crippen LogP contribution in [0.5, 0.6) is 0 Å². The highest BCUT2D eigenvalue weighted by Crippen LogP contribution is 2.32. The van der Waals surface area contributed by atoms with Crippen molar-refractivity contribution in [2.45, 2.75) is 12.5 Å². The van der Waals surface area contributed by atoms with Gasteiger partial charge >= 0.3 is 0 Å². The van der Waals surface area contributed by atoms with Crippen molar-refractivity contribution in [1.82, 2.24) is 9.97 Å². The molecule has 1 aromatic carbocycles. The standard InChI is InChI=1S/C17H14N2O3/c1-2-22-17(11-20)8-7-13(21)9-14(17)16-18-10-12-5-3-4-6-15(12)19-16/h3-11H,2H2,1H3. The van der Waals surface area contributed by atoms with Crippen LogP contribution in [-0.2, 0) is 14.3 Å². The van der Waals surface area contributed by atoms with Crippen molar-refractivity contribution in [2.24, 2.45) is 0 Å². The molecular formula is C17H14N2O3. The van der Waals surface area contributed by atoms with Gasteiger partial charge in [0.15, 0.2) is 23.5 Å². The van der Waals surface area contributed by atoms with Crippen LogP contribution >= 0.6 is 0 Å². The molecule has 22 heavy (non-hydrogen) atoms. The zero-order valence-corrected chi connectivity index (χ0v) is 12.0. The van der Waals surface area contributed by atoms with Crippen LogP contribution in [0, 0.1) is 0 Å². The summed E-state index contributed by atoms with van der Waals surface area (Å²) in [7, 11) is 0. The minimum atomic E-state index is -1.31. The Labute approximate surface area is 127 Å². The summed E-state index contributed by atoms with van der Waals surface area (Å²) in [6.45, 7) is 2.11. The van der Waals surface area contributed by atoms with Crippen molar-refractivity contribution in [3.8, 4) is 0 Å². The Hall–Kier alpha value is -2.66. The van der Waals surface area contributed by atoms with E-state index in [1.54, 1.807) is 13.1 Å². The number of ether oxygens (including phenoxy) is 1. The molecule has 1 aromatic heterocycles. The highest BCUT2D eigenvalue weighted by atomic mass is 16.5. The number of hydrogen-bond donors (Lipinski definition) is 0. The zero-order valence-electron chi connectivity index (χ0n) is 12.0. The number of aromatic nitrogens is 2. The molecule has 1 aliphatic rings. The van der Waals surface area contributed by atoms with Crippen LogP contribution in [0.2, 0.25) is 0 Å². The van der Waals surface area contributed by atoms with Gasteiger partial charge in [0.1, 0.15) is 0 Å². The molecule has 0 amide bonds. The first-order chi connectivity index (χ1) is 10.7. The molecule has 0 fully saturated rings. The molecule has 0 radical (unpaired) electrons. The number of allylic oxidation sites excluding steroid dienone is 2. The summed E-state index contributed by atoms with van der Waals surface area (Å²) < 4.78 is 5.59. The molecule has 1 unspecified atom stereocenters. The maximum atomic E-state index is 11.7. The highest BCUT2D eigenvalue weighted by molar-refractivity contribution is 6.11. The van der Waals surface area contributed by atoms with Crippen molar-refractivity contribution in [3.05, 3.63) is 54.5 Å². The van der Waals surface area contributed by atoms with Gasteiger partial charge in [0.2, 0.25) is 0 Å². The van der Waals surface area contributed by atoms with E-state index in [1.807, 2.05) is 24.3 Å². The number of carbonyl (C=O) groups excluding carboxylic acids is 2. The van der Waals surface area contributed by atoms with Crippen LogP contribution in [0.15, 0.2) is 48.7 Å². The minimum absolute atomic E-state index is 0.219. The average Bonchev–Trinajstić information content (AvgIpc) is 2.56. The summed E-state index contributed by atoms with van der Waals surface area (Å²) in [5.41, 5.74) is -0.209. The maximum absolute atomic E-state index is 11.7. The number of nitrogens with zero attached hydrogens (tertiary/aromatic N) is 2.